The highest BCUT2D eigenvalue weighted by Gasteiger charge is 2.43. The van der Waals surface area contributed by atoms with E-state index < -0.39 is 18.2 Å². The number of halogens is 2. The molecular weight excluding hydrogens is 470 g/mol. The van der Waals surface area contributed by atoms with E-state index in [1.807, 2.05) is 17.9 Å². The Kier molecular flexibility index (Phi) is 6.05. The van der Waals surface area contributed by atoms with Gasteiger partial charge in [0.05, 0.1) is 30.0 Å². The third-order valence-corrected chi connectivity index (χ3v) is 7.02. The second-order valence-electron chi connectivity index (χ2n) is 9.49. The summed E-state index contributed by atoms with van der Waals surface area (Å²) in [5.74, 6) is 1.10. The summed E-state index contributed by atoms with van der Waals surface area (Å²) in [5.41, 5.74) is 2.62. The van der Waals surface area contributed by atoms with Gasteiger partial charge in [-0.05, 0) is 51.7 Å². The van der Waals surface area contributed by atoms with Gasteiger partial charge in [0.1, 0.15) is 11.6 Å². The van der Waals surface area contributed by atoms with Crippen molar-refractivity contribution in [2.24, 2.45) is 0 Å². The standard InChI is InChI=1S/C24H28F2N8O2/c1-12(17-10-18(36-4)29-14(3)28-17)23(35)34-8-7-24(11-34)6-5-15-9-16(13(2)27-20(15)31-24)21-30-22(19(25)26)33-32-21/h9-10,12,19H,5-8,11H2,1-4H3,(H,27,31)(H,30,32,33)/t12-,24+/m1/s1. The van der Waals surface area contributed by atoms with Gasteiger partial charge in [0.25, 0.3) is 6.43 Å². The highest BCUT2D eigenvalue weighted by atomic mass is 19.3. The molecule has 0 aliphatic carbocycles. The first-order valence-corrected chi connectivity index (χ1v) is 11.9. The fourth-order valence-corrected chi connectivity index (χ4v) is 5.01. The number of nitrogens with zero attached hydrogens (tertiary/aromatic N) is 6. The van der Waals surface area contributed by atoms with Crippen LogP contribution in [0.25, 0.3) is 11.4 Å². The van der Waals surface area contributed by atoms with E-state index >= 15 is 0 Å². The van der Waals surface area contributed by atoms with Gasteiger partial charge >= 0.3 is 0 Å². The average molecular weight is 499 g/mol. The summed E-state index contributed by atoms with van der Waals surface area (Å²) in [7, 11) is 1.54. The molecule has 190 valence electrons. The Bertz CT molecular complexity index is 1310. The Morgan fingerprint density at radius 3 is 2.69 bits per heavy atom. The van der Waals surface area contributed by atoms with Crippen molar-refractivity contribution in [2.45, 2.75) is 57.9 Å². The van der Waals surface area contributed by atoms with Gasteiger partial charge < -0.3 is 15.0 Å². The molecule has 1 spiro atoms. The zero-order valence-corrected chi connectivity index (χ0v) is 20.6. The fourth-order valence-electron chi connectivity index (χ4n) is 5.01. The number of likely N-dealkylation sites (tertiary alicyclic amines) is 1. The normalized spacial score (nSPS) is 19.9. The number of aryl methyl sites for hydroxylation is 3. The van der Waals surface area contributed by atoms with Gasteiger partial charge in [-0.3, -0.25) is 9.89 Å². The van der Waals surface area contributed by atoms with E-state index in [9.17, 15) is 13.6 Å². The van der Waals surface area contributed by atoms with E-state index in [2.05, 4.69) is 30.5 Å². The van der Waals surface area contributed by atoms with Crippen LogP contribution in [0.5, 0.6) is 5.88 Å². The summed E-state index contributed by atoms with van der Waals surface area (Å²) in [6.45, 7) is 6.64. The number of hydrogen-bond acceptors (Lipinski definition) is 8. The number of alkyl halides is 2. The summed E-state index contributed by atoms with van der Waals surface area (Å²) in [5, 5.41) is 9.81. The molecule has 12 heteroatoms. The Morgan fingerprint density at radius 2 is 1.97 bits per heavy atom. The summed E-state index contributed by atoms with van der Waals surface area (Å²) < 4.78 is 31.1. The minimum Gasteiger partial charge on any atom is -0.481 e. The maximum absolute atomic E-state index is 13.3. The number of anilines is 1. The van der Waals surface area contributed by atoms with Crippen molar-refractivity contribution in [3.05, 3.63) is 40.7 Å². The fraction of sp³-hybridized carbons (Fsp3) is 0.500. The minimum atomic E-state index is -2.71. The van der Waals surface area contributed by atoms with Crippen molar-refractivity contribution in [1.82, 2.24) is 35.0 Å². The number of H-pyrrole nitrogens is 1. The smallest absolute Gasteiger partial charge is 0.296 e. The molecule has 10 nitrogen and oxygen atoms in total. The molecule has 36 heavy (non-hydrogen) atoms. The number of ether oxygens (including phenoxy) is 1. The summed E-state index contributed by atoms with van der Waals surface area (Å²) in [4.78, 5) is 32.5. The van der Waals surface area contributed by atoms with Gasteiger partial charge in [0.2, 0.25) is 11.8 Å². The van der Waals surface area contributed by atoms with Crippen molar-refractivity contribution < 1.29 is 18.3 Å². The van der Waals surface area contributed by atoms with Gasteiger partial charge in [-0.2, -0.15) is 10.1 Å². The van der Waals surface area contributed by atoms with Crippen molar-refractivity contribution in [3.8, 4) is 17.3 Å². The number of rotatable bonds is 5. The van der Waals surface area contributed by atoms with Crippen LogP contribution in [-0.4, -0.2) is 66.7 Å². The first-order valence-electron chi connectivity index (χ1n) is 11.9. The summed E-state index contributed by atoms with van der Waals surface area (Å²) >= 11 is 0. The molecule has 2 N–H and O–H groups in total. The van der Waals surface area contributed by atoms with Crippen LogP contribution in [-0.2, 0) is 11.2 Å². The van der Waals surface area contributed by atoms with E-state index in [1.54, 1.807) is 27.0 Å². The molecule has 5 heterocycles. The van der Waals surface area contributed by atoms with E-state index in [0.717, 1.165) is 30.6 Å². The lowest BCUT2D eigenvalue weighted by molar-refractivity contribution is -0.131. The molecule has 0 aromatic carbocycles. The van der Waals surface area contributed by atoms with Crippen LogP contribution in [0.2, 0.25) is 0 Å². The number of amides is 1. The predicted octanol–water partition coefficient (Wildman–Crippen LogP) is 3.35. The minimum absolute atomic E-state index is 0.0125. The Morgan fingerprint density at radius 1 is 1.17 bits per heavy atom. The van der Waals surface area contributed by atoms with Gasteiger partial charge in [-0.15, -0.1) is 0 Å². The number of carbonyl (C=O) groups is 1. The monoisotopic (exact) mass is 498 g/mol. The molecule has 5 rings (SSSR count). The third-order valence-electron chi connectivity index (χ3n) is 7.02. The van der Waals surface area contributed by atoms with Crippen LogP contribution in [0.4, 0.5) is 14.6 Å². The average Bonchev–Trinajstić information content (AvgIpc) is 3.50. The SMILES string of the molecule is COc1cc([C@@H](C)C(=O)N2CC[C@@]3(CCc4cc(-c5n[nH]c(C(F)F)n5)c(C)nc4N3)C2)nc(C)n1. The highest BCUT2D eigenvalue weighted by molar-refractivity contribution is 5.83. The number of hydrogen-bond donors (Lipinski definition) is 2. The molecule has 3 aromatic rings. The Labute approximate surface area is 206 Å². The lowest BCUT2D eigenvalue weighted by Crippen LogP contribution is -2.46. The summed E-state index contributed by atoms with van der Waals surface area (Å²) in [6, 6.07) is 3.62. The van der Waals surface area contributed by atoms with Crippen molar-refractivity contribution in [2.75, 3.05) is 25.5 Å². The first-order chi connectivity index (χ1) is 17.2. The van der Waals surface area contributed by atoms with Gasteiger partial charge in [-0.1, -0.05) is 0 Å². The molecule has 0 bridgehead atoms. The van der Waals surface area contributed by atoms with Crippen LogP contribution in [0, 0.1) is 13.8 Å². The molecule has 2 aliphatic heterocycles. The van der Waals surface area contributed by atoms with E-state index in [4.69, 9.17) is 9.72 Å². The second-order valence-corrected chi connectivity index (χ2v) is 9.49. The van der Waals surface area contributed by atoms with Gasteiger partial charge in [0, 0.05) is 24.7 Å². The first kappa shape index (κ1) is 24.0. The van der Waals surface area contributed by atoms with Crippen LogP contribution >= 0.6 is 0 Å². The molecule has 3 aromatic heterocycles. The lowest BCUT2D eigenvalue weighted by atomic mass is 9.86. The number of pyridine rings is 1. The van der Waals surface area contributed by atoms with Crippen LogP contribution in [0.3, 0.4) is 0 Å². The molecule has 2 atom stereocenters. The zero-order valence-electron chi connectivity index (χ0n) is 20.6. The van der Waals surface area contributed by atoms with Crippen molar-refractivity contribution in [1.29, 1.82) is 0 Å². The summed E-state index contributed by atoms with van der Waals surface area (Å²) in [6.07, 6.45) is -0.346. The van der Waals surface area contributed by atoms with E-state index in [1.165, 1.54) is 0 Å². The number of fused-ring (bicyclic) bond motifs is 1. The topological polar surface area (TPSA) is 122 Å². The maximum Gasteiger partial charge on any atom is 0.296 e. The van der Waals surface area contributed by atoms with Crippen LogP contribution in [0.15, 0.2) is 12.1 Å². The number of nitrogens with one attached hydrogen (secondary N) is 2. The number of carbonyl (C=O) groups excluding carboxylic acids is 1. The van der Waals surface area contributed by atoms with Gasteiger partial charge in [0.15, 0.2) is 11.6 Å². The Hall–Kier alpha value is -3.70. The van der Waals surface area contributed by atoms with Crippen molar-refractivity contribution >= 4 is 11.7 Å². The molecule has 0 saturated carbocycles. The third kappa shape index (κ3) is 4.35. The van der Waals surface area contributed by atoms with Gasteiger partial charge in [-0.25, -0.2) is 23.7 Å². The quantitative estimate of drug-likeness (QED) is 0.549. The van der Waals surface area contributed by atoms with E-state index in [-0.39, 0.29) is 17.3 Å². The van der Waals surface area contributed by atoms with Crippen molar-refractivity contribution in [3.63, 3.8) is 0 Å². The molecule has 1 saturated heterocycles. The largest absolute Gasteiger partial charge is 0.481 e. The molecule has 1 amide bonds. The second kappa shape index (κ2) is 9.07. The number of aromatic nitrogens is 6. The highest BCUT2D eigenvalue weighted by Crippen LogP contribution is 2.38. The van der Waals surface area contributed by atoms with E-state index in [0.29, 0.717) is 41.7 Å². The molecule has 0 radical (unpaired) electrons. The molecule has 0 unspecified atom stereocenters. The number of methoxy groups -OCH3 is 1. The Balaban J connectivity index is 1.32. The maximum atomic E-state index is 13.3. The molecular formula is C24H28F2N8O2. The predicted molar refractivity (Wildman–Crippen MR) is 127 cm³/mol. The van der Waals surface area contributed by atoms with Crippen LogP contribution in [0.1, 0.15) is 60.7 Å². The number of aromatic amines is 1. The zero-order chi connectivity index (χ0) is 25.6. The lowest BCUT2D eigenvalue weighted by Gasteiger charge is -2.36. The molecule has 1 fully saturated rings. The molecule has 2 aliphatic rings. The van der Waals surface area contributed by atoms with Crippen LogP contribution < -0.4 is 10.1 Å².